The van der Waals surface area contributed by atoms with Crippen LogP contribution in [-0.4, -0.2) is 46.7 Å². The first-order chi connectivity index (χ1) is 7.91. The summed E-state index contributed by atoms with van der Waals surface area (Å²) in [6, 6.07) is 0. The monoisotopic (exact) mass is 268 g/mol. The molecule has 0 aliphatic rings. The van der Waals surface area contributed by atoms with E-state index in [-0.39, 0.29) is 13.2 Å². The number of ether oxygens (including phenoxy) is 2. The maximum Gasteiger partial charge on any atom is 0.321 e. The van der Waals surface area contributed by atoms with Gasteiger partial charge in [-0.25, -0.2) is 0 Å². The smallest absolute Gasteiger partial charge is 0.321 e. The van der Waals surface area contributed by atoms with E-state index < -0.39 is 35.2 Å². The molecule has 0 saturated heterocycles. The Morgan fingerprint density at radius 3 is 1.59 bits per heavy atom. The molecule has 0 bridgehead atoms. The minimum Gasteiger partial charge on any atom is -0.465 e. The number of hydrogen-bond donors (Lipinski definition) is 2. The molecular formula is C8H16N2O6S. The Morgan fingerprint density at radius 2 is 1.29 bits per heavy atom. The zero-order valence-corrected chi connectivity index (χ0v) is 10.5. The van der Waals surface area contributed by atoms with Gasteiger partial charge in [0.25, 0.3) is 10.2 Å². The Kier molecular flexibility index (Phi) is 7.42. The van der Waals surface area contributed by atoms with Crippen molar-refractivity contribution >= 4 is 22.1 Å². The molecule has 8 nitrogen and oxygen atoms in total. The van der Waals surface area contributed by atoms with E-state index in [1.807, 2.05) is 9.44 Å². The van der Waals surface area contributed by atoms with Crippen molar-refractivity contribution in [3.63, 3.8) is 0 Å². The molecule has 0 spiro atoms. The molecule has 0 atom stereocenters. The van der Waals surface area contributed by atoms with E-state index in [0.717, 1.165) is 0 Å². The van der Waals surface area contributed by atoms with Crippen LogP contribution >= 0.6 is 0 Å². The second kappa shape index (κ2) is 7.98. The average Bonchev–Trinajstić information content (AvgIpc) is 2.25. The predicted octanol–water partition coefficient (Wildman–Crippen LogP) is -1.46. The van der Waals surface area contributed by atoms with Crippen LogP contribution < -0.4 is 9.44 Å². The summed E-state index contributed by atoms with van der Waals surface area (Å²) in [4.78, 5) is 21.7. The Hall–Kier alpha value is -1.19. The lowest BCUT2D eigenvalue weighted by atomic mass is 10.7. The predicted molar refractivity (Wildman–Crippen MR) is 58.2 cm³/mol. The molecule has 0 aromatic rings. The van der Waals surface area contributed by atoms with Gasteiger partial charge in [0.05, 0.1) is 13.2 Å². The number of esters is 2. The van der Waals surface area contributed by atoms with Gasteiger partial charge in [0.15, 0.2) is 0 Å². The summed E-state index contributed by atoms with van der Waals surface area (Å²) in [5.41, 5.74) is 0. The zero-order valence-electron chi connectivity index (χ0n) is 9.69. The van der Waals surface area contributed by atoms with Gasteiger partial charge in [-0.15, -0.1) is 0 Å². The van der Waals surface area contributed by atoms with E-state index in [1.165, 1.54) is 0 Å². The van der Waals surface area contributed by atoms with Crippen LogP contribution in [0.2, 0.25) is 0 Å². The summed E-state index contributed by atoms with van der Waals surface area (Å²) >= 11 is 0. The van der Waals surface area contributed by atoms with Crippen LogP contribution in [0.1, 0.15) is 13.8 Å². The zero-order chi connectivity index (χ0) is 13.3. The fourth-order valence-electron chi connectivity index (χ4n) is 0.783. The highest BCUT2D eigenvalue weighted by Crippen LogP contribution is 1.82. The molecular weight excluding hydrogens is 252 g/mol. The van der Waals surface area contributed by atoms with Gasteiger partial charge in [-0.2, -0.15) is 17.9 Å². The highest BCUT2D eigenvalue weighted by molar-refractivity contribution is 7.87. The van der Waals surface area contributed by atoms with Crippen molar-refractivity contribution in [2.75, 3.05) is 26.3 Å². The van der Waals surface area contributed by atoms with E-state index in [0.29, 0.717) is 0 Å². The first-order valence-corrected chi connectivity index (χ1v) is 6.45. The molecule has 9 heteroatoms. The average molecular weight is 268 g/mol. The normalized spacial score (nSPS) is 10.9. The Bertz CT molecular complexity index is 325. The third-order valence-electron chi connectivity index (χ3n) is 1.42. The van der Waals surface area contributed by atoms with Crippen molar-refractivity contribution in [3.8, 4) is 0 Å². The molecule has 0 radical (unpaired) electrons. The molecule has 2 N–H and O–H groups in total. The molecule has 0 aromatic carbocycles. The van der Waals surface area contributed by atoms with Gasteiger partial charge in [0.2, 0.25) is 0 Å². The van der Waals surface area contributed by atoms with E-state index in [9.17, 15) is 18.0 Å². The van der Waals surface area contributed by atoms with Crippen molar-refractivity contribution in [2.45, 2.75) is 13.8 Å². The lowest BCUT2D eigenvalue weighted by Crippen LogP contribution is -2.42. The van der Waals surface area contributed by atoms with Gasteiger partial charge < -0.3 is 9.47 Å². The van der Waals surface area contributed by atoms with Gasteiger partial charge in [-0.3, -0.25) is 9.59 Å². The summed E-state index contributed by atoms with van der Waals surface area (Å²) in [6.07, 6.45) is 0. The highest BCUT2D eigenvalue weighted by Gasteiger charge is 2.14. The fraction of sp³-hybridized carbons (Fsp3) is 0.750. The third-order valence-corrected chi connectivity index (χ3v) is 2.47. The first kappa shape index (κ1) is 15.8. The van der Waals surface area contributed by atoms with Crippen molar-refractivity contribution < 1.29 is 27.5 Å². The van der Waals surface area contributed by atoms with Crippen LogP contribution in [0.25, 0.3) is 0 Å². The number of carbonyl (C=O) groups excluding carboxylic acids is 2. The second-order valence-corrected chi connectivity index (χ2v) is 4.34. The Morgan fingerprint density at radius 1 is 0.941 bits per heavy atom. The fourth-order valence-corrected chi connectivity index (χ4v) is 1.50. The van der Waals surface area contributed by atoms with E-state index >= 15 is 0 Å². The number of carbonyl (C=O) groups is 2. The molecule has 0 aliphatic heterocycles. The summed E-state index contributed by atoms with van der Waals surface area (Å²) < 4.78 is 35.3. The minimum absolute atomic E-state index is 0.164. The van der Waals surface area contributed by atoms with Crippen molar-refractivity contribution in [2.24, 2.45) is 0 Å². The van der Waals surface area contributed by atoms with Crippen LogP contribution in [0.3, 0.4) is 0 Å². The molecule has 0 fully saturated rings. The van der Waals surface area contributed by atoms with E-state index in [4.69, 9.17) is 0 Å². The van der Waals surface area contributed by atoms with Crippen LogP contribution in [0, 0.1) is 0 Å². The standard InChI is InChI=1S/C8H16N2O6S/c1-3-15-7(11)5-9-17(13,14)10-6-8(12)16-4-2/h9-10H,3-6H2,1-2H3. The minimum atomic E-state index is -3.91. The Labute approximate surface area is 99.8 Å². The topological polar surface area (TPSA) is 111 Å². The van der Waals surface area contributed by atoms with E-state index in [1.54, 1.807) is 13.8 Å². The van der Waals surface area contributed by atoms with Crippen molar-refractivity contribution in [1.29, 1.82) is 0 Å². The molecule has 17 heavy (non-hydrogen) atoms. The number of hydrogen-bond acceptors (Lipinski definition) is 6. The summed E-state index contributed by atoms with van der Waals surface area (Å²) in [5.74, 6) is -1.40. The SMILES string of the molecule is CCOC(=O)CNS(=O)(=O)NCC(=O)OCC. The van der Waals surface area contributed by atoms with Gasteiger partial charge in [0.1, 0.15) is 13.1 Å². The molecule has 0 rings (SSSR count). The second-order valence-electron chi connectivity index (χ2n) is 2.76. The molecule has 100 valence electrons. The van der Waals surface area contributed by atoms with E-state index in [2.05, 4.69) is 9.47 Å². The summed E-state index contributed by atoms with van der Waals surface area (Å²) in [7, 11) is -3.91. The first-order valence-electron chi connectivity index (χ1n) is 4.96. The lowest BCUT2D eigenvalue weighted by Gasteiger charge is -2.07. The Balaban J connectivity index is 3.96. The summed E-state index contributed by atoms with van der Waals surface area (Å²) in [6.45, 7) is 2.54. The molecule has 0 saturated carbocycles. The molecule has 0 aromatic heterocycles. The summed E-state index contributed by atoms with van der Waals surface area (Å²) in [5, 5.41) is 0. The van der Waals surface area contributed by atoms with Crippen LogP contribution in [0.5, 0.6) is 0 Å². The largest absolute Gasteiger partial charge is 0.465 e. The maximum absolute atomic E-state index is 11.2. The quantitative estimate of drug-likeness (QED) is 0.520. The molecule has 0 aliphatic carbocycles. The molecule has 0 heterocycles. The highest BCUT2D eigenvalue weighted by atomic mass is 32.2. The van der Waals surface area contributed by atoms with Crippen LogP contribution in [0.15, 0.2) is 0 Å². The van der Waals surface area contributed by atoms with Gasteiger partial charge in [0, 0.05) is 0 Å². The van der Waals surface area contributed by atoms with Crippen LogP contribution in [0.4, 0.5) is 0 Å². The number of rotatable bonds is 8. The van der Waals surface area contributed by atoms with Gasteiger partial charge >= 0.3 is 11.9 Å². The van der Waals surface area contributed by atoms with Crippen molar-refractivity contribution in [3.05, 3.63) is 0 Å². The lowest BCUT2D eigenvalue weighted by molar-refractivity contribution is -0.142. The third kappa shape index (κ3) is 8.60. The maximum atomic E-state index is 11.2. The molecule has 0 unspecified atom stereocenters. The van der Waals surface area contributed by atoms with Crippen LogP contribution in [-0.2, 0) is 29.3 Å². The number of nitrogens with one attached hydrogen (secondary N) is 2. The van der Waals surface area contributed by atoms with Gasteiger partial charge in [-0.05, 0) is 13.8 Å². The van der Waals surface area contributed by atoms with Crippen molar-refractivity contribution in [1.82, 2.24) is 9.44 Å². The van der Waals surface area contributed by atoms with Gasteiger partial charge in [-0.1, -0.05) is 0 Å². The molecule has 0 amide bonds.